The van der Waals surface area contributed by atoms with E-state index < -0.39 is 29.6 Å². The molecule has 0 fully saturated rings. The van der Waals surface area contributed by atoms with E-state index >= 15 is 0 Å². The van der Waals surface area contributed by atoms with Crippen LogP contribution in [0.5, 0.6) is 0 Å². The van der Waals surface area contributed by atoms with E-state index in [1.54, 1.807) is 0 Å². The Balaban J connectivity index is 3.31. The Morgan fingerprint density at radius 1 is 1.29 bits per heavy atom. The summed E-state index contributed by atoms with van der Waals surface area (Å²) >= 11 is 5.71. The molecule has 6 heteroatoms. The maximum absolute atomic E-state index is 13.2. The molecule has 0 aliphatic rings. The molecule has 0 spiro atoms. The second kappa shape index (κ2) is 4.35. The van der Waals surface area contributed by atoms with Crippen LogP contribution in [0.3, 0.4) is 0 Å². The van der Waals surface area contributed by atoms with Crippen LogP contribution in [-0.2, 0) is 11.2 Å². The number of rotatable bonds is 2. The molecule has 0 bridgehead atoms. The minimum atomic E-state index is -1.28. The Labute approximate surface area is 95.2 Å². The molecule has 0 aliphatic carbocycles. The normalized spacial score (nSPS) is 10.3. The summed E-state index contributed by atoms with van der Waals surface area (Å²) in [4.78, 5) is 10.3. The largest absolute Gasteiger partial charge is 0.481 e. The molecule has 0 amide bonds. The Bertz CT molecular complexity index is 367. The van der Waals surface area contributed by atoms with Crippen LogP contribution in [-0.4, -0.2) is 11.1 Å². The number of aliphatic carboxylic acids is 1. The number of carboxylic acids is 1. The van der Waals surface area contributed by atoms with Crippen LogP contribution < -0.4 is 0 Å². The van der Waals surface area contributed by atoms with Gasteiger partial charge in [-0.15, -0.1) is 0 Å². The van der Waals surface area contributed by atoms with Crippen LogP contribution in [0.15, 0.2) is 15.0 Å². The molecule has 1 rings (SSSR count). The minimum Gasteiger partial charge on any atom is -0.481 e. The van der Waals surface area contributed by atoms with Gasteiger partial charge in [0.25, 0.3) is 0 Å². The molecule has 0 aromatic heterocycles. The van der Waals surface area contributed by atoms with Crippen molar-refractivity contribution in [2.24, 2.45) is 0 Å². The fourth-order valence-electron chi connectivity index (χ4n) is 0.929. The standard InChI is InChI=1S/C8H4Br2F2O2/c9-4-2-5(10)8(12)3(7(4)11)1-6(13)14/h2H,1H2,(H,13,14). The number of hydrogen-bond donors (Lipinski definition) is 1. The lowest BCUT2D eigenvalue weighted by Gasteiger charge is -2.05. The Morgan fingerprint density at radius 3 is 2.07 bits per heavy atom. The van der Waals surface area contributed by atoms with Crippen molar-refractivity contribution in [3.05, 3.63) is 32.2 Å². The van der Waals surface area contributed by atoms with Crippen LogP contribution in [0.4, 0.5) is 8.78 Å². The van der Waals surface area contributed by atoms with Gasteiger partial charge < -0.3 is 5.11 Å². The zero-order valence-electron chi connectivity index (χ0n) is 6.65. The minimum absolute atomic E-state index is 0.0297. The van der Waals surface area contributed by atoms with E-state index in [0.717, 1.165) is 0 Å². The molecular weight excluding hydrogens is 326 g/mol. The zero-order chi connectivity index (χ0) is 10.9. The Kier molecular flexibility index (Phi) is 3.60. The first-order valence-corrected chi connectivity index (χ1v) is 5.05. The van der Waals surface area contributed by atoms with Gasteiger partial charge in [-0.25, -0.2) is 8.78 Å². The fraction of sp³-hybridized carbons (Fsp3) is 0.125. The smallest absolute Gasteiger partial charge is 0.308 e. The van der Waals surface area contributed by atoms with E-state index in [0.29, 0.717) is 0 Å². The van der Waals surface area contributed by atoms with Crippen LogP contribution in [0.25, 0.3) is 0 Å². The van der Waals surface area contributed by atoms with Gasteiger partial charge in [0.1, 0.15) is 11.6 Å². The van der Waals surface area contributed by atoms with Gasteiger partial charge in [-0.3, -0.25) is 4.79 Å². The molecule has 2 nitrogen and oxygen atoms in total. The van der Waals surface area contributed by atoms with Crippen molar-refractivity contribution in [3.63, 3.8) is 0 Å². The van der Waals surface area contributed by atoms with Crippen LogP contribution >= 0.6 is 31.9 Å². The number of hydrogen-bond acceptors (Lipinski definition) is 1. The fourth-order valence-corrected chi connectivity index (χ4v) is 2.17. The van der Waals surface area contributed by atoms with Gasteiger partial charge in [-0.2, -0.15) is 0 Å². The molecule has 0 saturated carbocycles. The van der Waals surface area contributed by atoms with Crippen molar-refractivity contribution >= 4 is 37.8 Å². The summed E-state index contributed by atoms with van der Waals surface area (Å²) in [6, 6.07) is 1.19. The summed E-state index contributed by atoms with van der Waals surface area (Å²) in [5, 5.41) is 8.43. The summed E-state index contributed by atoms with van der Waals surface area (Å²) in [5.74, 6) is -3.05. The van der Waals surface area contributed by atoms with Gasteiger partial charge in [-0.05, 0) is 37.9 Å². The third-order valence-corrected chi connectivity index (χ3v) is 2.68. The molecular formula is C8H4Br2F2O2. The van der Waals surface area contributed by atoms with Crippen molar-refractivity contribution in [2.45, 2.75) is 6.42 Å². The molecule has 0 atom stereocenters. The summed E-state index contributed by atoms with van der Waals surface area (Å²) < 4.78 is 26.5. The molecule has 1 aromatic rings. The summed E-state index contributed by atoms with van der Waals surface area (Å²) in [6.45, 7) is 0. The SMILES string of the molecule is O=C(O)Cc1c(F)c(Br)cc(Br)c1F. The third kappa shape index (κ3) is 2.30. The molecule has 0 unspecified atom stereocenters. The van der Waals surface area contributed by atoms with Crippen molar-refractivity contribution in [3.8, 4) is 0 Å². The number of carbonyl (C=O) groups is 1. The van der Waals surface area contributed by atoms with E-state index in [1.165, 1.54) is 6.07 Å². The van der Waals surface area contributed by atoms with E-state index in [1.807, 2.05) is 0 Å². The van der Waals surface area contributed by atoms with Gasteiger partial charge in [0.05, 0.1) is 15.4 Å². The quantitative estimate of drug-likeness (QED) is 0.846. The van der Waals surface area contributed by atoms with E-state index in [4.69, 9.17) is 5.11 Å². The van der Waals surface area contributed by atoms with Crippen molar-refractivity contribution in [1.29, 1.82) is 0 Å². The summed E-state index contributed by atoms with van der Waals surface area (Å²) in [5.41, 5.74) is -0.459. The Morgan fingerprint density at radius 2 is 1.71 bits per heavy atom. The number of benzene rings is 1. The summed E-state index contributed by atoms with van der Waals surface area (Å²) in [7, 11) is 0. The average molecular weight is 330 g/mol. The topological polar surface area (TPSA) is 37.3 Å². The van der Waals surface area contributed by atoms with Gasteiger partial charge in [0, 0.05) is 5.56 Å². The van der Waals surface area contributed by atoms with E-state index in [2.05, 4.69) is 31.9 Å². The first-order chi connectivity index (χ1) is 6.43. The highest BCUT2D eigenvalue weighted by Gasteiger charge is 2.18. The first kappa shape index (κ1) is 11.6. The summed E-state index contributed by atoms with van der Waals surface area (Å²) in [6.07, 6.45) is -0.685. The predicted octanol–water partition coefficient (Wildman–Crippen LogP) is 3.12. The lowest BCUT2D eigenvalue weighted by atomic mass is 10.1. The van der Waals surface area contributed by atoms with Gasteiger partial charge in [0.2, 0.25) is 0 Å². The first-order valence-electron chi connectivity index (χ1n) is 3.47. The molecule has 14 heavy (non-hydrogen) atoms. The molecule has 0 saturated heterocycles. The van der Waals surface area contributed by atoms with Crippen molar-refractivity contribution in [1.82, 2.24) is 0 Å². The van der Waals surface area contributed by atoms with Crippen molar-refractivity contribution in [2.75, 3.05) is 0 Å². The van der Waals surface area contributed by atoms with Crippen LogP contribution in [0.1, 0.15) is 5.56 Å². The zero-order valence-corrected chi connectivity index (χ0v) is 9.82. The van der Waals surface area contributed by atoms with Crippen molar-refractivity contribution < 1.29 is 18.7 Å². The molecule has 0 aliphatic heterocycles. The number of halogens is 4. The molecule has 76 valence electrons. The second-order valence-corrected chi connectivity index (χ2v) is 4.23. The van der Waals surface area contributed by atoms with E-state index in [-0.39, 0.29) is 8.95 Å². The highest BCUT2D eigenvalue weighted by atomic mass is 79.9. The Hall–Kier alpha value is -0.490. The monoisotopic (exact) mass is 328 g/mol. The average Bonchev–Trinajstić information content (AvgIpc) is 2.09. The lowest BCUT2D eigenvalue weighted by molar-refractivity contribution is -0.136. The van der Waals surface area contributed by atoms with Gasteiger partial charge >= 0.3 is 5.97 Å². The van der Waals surface area contributed by atoms with Gasteiger partial charge in [0.15, 0.2) is 0 Å². The van der Waals surface area contributed by atoms with Crippen LogP contribution in [0.2, 0.25) is 0 Å². The number of carboxylic acid groups (broad SMARTS) is 1. The maximum Gasteiger partial charge on any atom is 0.308 e. The molecule has 1 aromatic carbocycles. The highest BCUT2D eigenvalue weighted by Crippen LogP contribution is 2.28. The molecule has 0 radical (unpaired) electrons. The predicted molar refractivity (Wildman–Crippen MR) is 53.1 cm³/mol. The molecule has 0 heterocycles. The highest BCUT2D eigenvalue weighted by molar-refractivity contribution is 9.11. The molecule has 1 N–H and O–H groups in total. The van der Waals surface area contributed by atoms with E-state index in [9.17, 15) is 13.6 Å². The second-order valence-electron chi connectivity index (χ2n) is 2.52. The lowest BCUT2D eigenvalue weighted by Crippen LogP contribution is -2.06. The van der Waals surface area contributed by atoms with Gasteiger partial charge in [-0.1, -0.05) is 0 Å². The van der Waals surface area contributed by atoms with Crippen LogP contribution in [0, 0.1) is 11.6 Å². The maximum atomic E-state index is 13.2. The third-order valence-electron chi connectivity index (χ3n) is 1.53.